The van der Waals surface area contributed by atoms with Crippen LogP contribution in [0.5, 0.6) is 0 Å². The number of nitrogens with zero attached hydrogens (tertiary/aromatic N) is 6. The van der Waals surface area contributed by atoms with E-state index in [9.17, 15) is 14.0 Å². The maximum absolute atomic E-state index is 15.1. The lowest BCUT2D eigenvalue weighted by Gasteiger charge is -2.25. The molecule has 3 amide bonds. The molecule has 2 aliphatic rings. The number of anilines is 2. The Kier molecular flexibility index (Phi) is 10.3. The summed E-state index contributed by atoms with van der Waals surface area (Å²) in [5.74, 6) is -4.31. The molecule has 2 aromatic carbocycles. The Morgan fingerprint density at radius 3 is 2.09 bits per heavy atom. The average Bonchev–Trinajstić information content (AvgIpc) is 3.04. The van der Waals surface area contributed by atoms with E-state index >= 15 is 13.2 Å². The Morgan fingerprint density at radius 2 is 1.47 bits per heavy atom. The lowest BCUT2D eigenvalue weighted by Crippen LogP contribution is -2.43. The summed E-state index contributed by atoms with van der Waals surface area (Å²) in [6.45, 7) is 4.81. The van der Waals surface area contributed by atoms with Crippen LogP contribution in [0.3, 0.4) is 0 Å². The van der Waals surface area contributed by atoms with E-state index in [1.807, 2.05) is 4.90 Å². The molecule has 45 heavy (non-hydrogen) atoms. The molecule has 0 bridgehead atoms. The lowest BCUT2D eigenvalue weighted by atomic mass is 10.1. The summed E-state index contributed by atoms with van der Waals surface area (Å²) in [6, 6.07) is 7.35. The fourth-order valence-electron chi connectivity index (χ4n) is 4.73. The number of nitrogens with one attached hydrogen (secondary N) is 2. The lowest BCUT2D eigenvalue weighted by molar-refractivity contribution is 0.150. The highest BCUT2D eigenvalue weighted by Gasteiger charge is 2.27. The quantitative estimate of drug-likeness (QED) is 0.229. The molecule has 2 fully saturated rings. The first-order valence-electron chi connectivity index (χ1n) is 14.2. The SMILES string of the molecule is O=C(/N=C/N1CCNCC1)OCc1ccc(N(C(=O)/N=C/N2CCNCC2)c2c(F)cccc2F)nc1-c1ccc(F)cc1F. The van der Waals surface area contributed by atoms with E-state index in [-0.39, 0.29) is 22.6 Å². The second kappa shape index (κ2) is 14.7. The van der Waals surface area contributed by atoms with Crippen molar-refractivity contribution in [2.75, 3.05) is 57.3 Å². The van der Waals surface area contributed by atoms with Crippen molar-refractivity contribution in [3.05, 3.63) is 77.4 Å². The number of pyridine rings is 1. The topological polar surface area (TPSA) is 115 Å². The van der Waals surface area contributed by atoms with Crippen molar-refractivity contribution in [1.82, 2.24) is 25.4 Å². The van der Waals surface area contributed by atoms with Crippen LogP contribution in [0.25, 0.3) is 11.3 Å². The van der Waals surface area contributed by atoms with Crippen LogP contribution in [0.15, 0.2) is 58.5 Å². The van der Waals surface area contributed by atoms with Crippen molar-refractivity contribution in [1.29, 1.82) is 0 Å². The van der Waals surface area contributed by atoms with Crippen LogP contribution in [0.2, 0.25) is 0 Å². The van der Waals surface area contributed by atoms with Gasteiger partial charge in [0.2, 0.25) is 0 Å². The molecule has 0 unspecified atom stereocenters. The van der Waals surface area contributed by atoms with Crippen LogP contribution in [-0.2, 0) is 11.3 Å². The Bertz CT molecular complexity index is 1570. The van der Waals surface area contributed by atoms with E-state index < -0.39 is 47.7 Å². The minimum atomic E-state index is -1.07. The molecule has 2 N–H and O–H groups in total. The van der Waals surface area contributed by atoms with Gasteiger partial charge >= 0.3 is 12.1 Å². The Hall–Kier alpha value is -4.89. The van der Waals surface area contributed by atoms with Crippen molar-refractivity contribution in [2.45, 2.75) is 6.61 Å². The molecule has 3 heterocycles. The van der Waals surface area contributed by atoms with E-state index in [4.69, 9.17) is 4.74 Å². The smallest absolute Gasteiger partial charge is 0.435 e. The van der Waals surface area contributed by atoms with Gasteiger partial charge in [-0.05, 0) is 36.4 Å². The fourth-order valence-corrected chi connectivity index (χ4v) is 4.73. The third-order valence-corrected chi connectivity index (χ3v) is 7.04. The van der Waals surface area contributed by atoms with E-state index in [2.05, 4.69) is 25.6 Å². The molecule has 2 aliphatic heterocycles. The highest BCUT2D eigenvalue weighted by Crippen LogP contribution is 2.34. The number of piperazine rings is 2. The van der Waals surface area contributed by atoms with E-state index in [0.717, 1.165) is 43.4 Å². The largest absolute Gasteiger partial charge is 0.443 e. The van der Waals surface area contributed by atoms with Gasteiger partial charge in [-0.3, -0.25) is 0 Å². The van der Waals surface area contributed by atoms with Crippen LogP contribution < -0.4 is 15.5 Å². The summed E-state index contributed by atoms with van der Waals surface area (Å²) >= 11 is 0. The monoisotopic (exact) mass is 626 g/mol. The molecule has 2 saturated heterocycles. The molecule has 0 atom stereocenters. The minimum Gasteiger partial charge on any atom is -0.443 e. The van der Waals surface area contributed by atoms with Crippen molar-refractivity contribution in [2.24, 2.45) is 9.98 Å². The number of urea groups is 1. The van der Waals surface area contributed by atoms with Gasteiger partial charge in [0.05, 0.1) is 18.4 Å². The summed E-state index contributed by atoms with van der Waals surface area (Å²) < 4.78 is 64.2. The van der Waals surface area contributed by atoms with Gasteiger partial charge in [-0.15, -0.1) is 0 Å². The van der Waals surface area contributed by atoms with Crippen molar-refractivity contribution >= 4 is 36.3 Å². The number of aliphatic imine (C=N–C) groups is 2. The number of carbonyl (C=O) groups is 2. The number of ether oxygens (including phenoxy) is 1. The Balaban J connectivity index is 1.50. The number of carbonyl (C=O) groups excluding carboxylic acids is 2. The Labute approximate surface area is 256 Å². The van der Waals surface area contributed by atoms with Crippen molar-refractivity contribution in [3.8, 4) is 11.3 Å². The minimum absolute atomic E-state index is 0.153. The molecule has 0 spiro atoms. The first-order valence-corrected chi connectivity index (χ1v) is 14.2. The molecule has 3 aromatic rings. The van der Waals surface area contributed by atoms with Crippen LogP contribution in [0.1, 0.15) is 5.56 Å². The van der Waals surface area contributed by atoms with Gasteiger partial charge in [0, 0.05) is 69.6 Å². The van der Waals surface area contributed by atoms with E-state index in [0.29, 0.717) is 50.2 Å². The highest BCUT2D eigenvalue weighted by molar-refractivity contribution is 6.02. The van der Waals surface area contributed by atoms with Gasteiger partial charge in [0.15, 0.2) is 0 Å². The predicted octanol–water partition coefficient (Wildman–Crippen LogP) is 4.07. The normalized spacial score (nSPS) is 15.6. The maximum Gasteiger partial charge on any atom is 0.435 e. The molecule has 236 valence electrons. The number of amides is 3. The van der Waals surface area contributed by atoms with Gasteiger partial charge in [-0.2, -0.15) is 9.98 Å². The van der Waals surface area contributed by atoms with Crippen molar-refractivity contribution < 1.29 is 31.9 Å². The van der Waals surface area contributed by atoms with Gasteiger partial charge < -0.3 is 25.2 Å². The molecule has 0 saturated carbocycles. The van der Waals surface area contributed by atoms with Crippen molar-refractivity contribution in [3.63, 3.8) is 0 Å². The second-order valence-corrected chi connectivity index (χ2v) is 10.1. The van der Waals surface area contributed by atoms with Crippen LogP contribution in [-0.4, -0.2) is 91.9 Å². The molecule has 5 rings (SSSR count). The number of benzene rings is 2. The third kappa shape index (κ3) is 7.99. The molecule has 0 aliphatic carbocycles. The van der Waals surface area contributed by atoms with Crippen LogP contribution >= 0.6 is 0 Å². The number of halogens is 4. The van der Waals surface area contributed by atoms with Gasteiger partial charge in [0.25, 0.3) is 0 Å². The molecule has 0 radical (unpaired) electrons. The number of hydrogen-bond acceptors (Lipinski definition) is 6. The number of rotatable bonds is 7. The van der Waals surface area contributed by atoms with Crippen LogP contribution in [0, 0.1) is 23.3 Å². The first kappa shape index (κ1) is 31.5. The van der Waals surface area contributed by atoms with E-state index in [1.165, 1.54) is 24.8 Å². The number of hydrogen-bond donors (Lipinski definition) is 2. The summed E-state index contributed by atoms with van der Waals surface area (Å²) in [4.78, 5) is 42.1. The standard InChI is InChI=1S/C30H30F4N8O3/c31-21-5-6-22(25(34)16-21)27-20(17-45-30(44)38-19-41-14-10-36-11-15-41)4-7-26(39-27)42(28-23(32)2-1-3-24(28)33)29(43)37-18-40-12-8-35-9-13-40/h1-7,16,18-19,35-36H,8-15,17H2/b37-18+,38-19+. The first-order chi connectivity index (χ1) is 21.8. The maximum atomic E-state index is 15.1. The summed E-state index contributed by atoms with van der Waals surface area (Å²) in [6.07, 6.45) is 1.73. The molecular weight excluding hydrogens is 596 g/mol. The number of aromatic nitrogens is 1. The Morgan fingerprint density at radius 1 is 0.844 bits per heavy atom. The summed E-state index contributed by atoms with van der Waals surface area (Å²) in [5.41, 5.74) is -0.969. The van der Waals surface area contributed by atoms with Gasteiger partial charge in [0.1, 0.15) is 41.4 Å². The summed E-state index contributed by atoms with van der Waals surface area (Å²) in [5, 5.41) is 6.34. The number of para-hydroxylation sites is 1. The molecule has 15 heteroatoms. The highest BCUT2D eigenvalue weighted by atomic mass is 19.1. The van der Waals surface area contributed by atoms with E-state index in [1.54, 1.807) is 4.90 Å². The summed E-state index contributed by atoms with van der Waals surface area (Å²) in [7, 11) is 0. The van der Waals surface area contributed by atoms with Crippen LogP contribution in [0.4, 0.5) is 38.7 Å². The van der Waals surface area contributed by atoms with Gasteiger partial charge in [-0.25, -0.2) is 37.0 Å². The molecule has 11 nitrogen and oxygen atoms in total. The van der Waals surface area contributed by atoms with Gasteiger partial charge in [-0.1, -0.05) is 6.07 Å². The second-order valence-electron chi connectivity index (χ2n) is 10.1. The zero-order valence-corrected chi connectivity index (χ0v) is 24.1. The predicted molar refractivity (Wildman–Crippen MR) is 160 cm³/mol. The zero-order chi connectivity index (χ0) is 31.8. The third-order valence-electron chi connectivity index (χ3n) is 7.04. The zero-order valence-electron chi connectivity index (χ0n) is 24.1. The average molecular weight is 627 g/mol. The fraction of sp³-hybridized carbons (Fsp3) is 0.300. The molecular formula is C30H30F4N8O3. The molecule has 1 aromatic heterocycles.